The number of carbonyl (C=O) groups is 2. The summed E-state index contributed by atoms with van der Waals surface area (Å²) in [6.07, 6.45) is 0. The molecule has 240 valence electrons. The van der Waals surface area contributed by atoms with Crippen molar-refractivity contribution in [2.45, 2.75) is 13.2 Å². The highest BCUT2D eigenvalue weighted by Crippen LogP contribution is 2.28. The van der Waals surface area contributed by atoms with Gasteiger partial charge in [-0.25, -0.2) is 9.59 Å². The van der Waals surface area contributed by atoms with Gasteiger partial charge in [0.1, 0.15) is 53.3 Å². The zero-order chi connectivity index (χ0) is 33.6. The fourth-order valence-corrected chi connectivity index (χ4v) is 4.31. The maximum Gasteiger partial charge on any atom is 0.342 e. The molecule has 0 aliphatic rings. The Morgan fingerprint density at radius 1 is 0.500 bits per heavy atom. The Morgan fingerprint density at radius 2 is 0.979 bits per heavy atom. The van der Waals surface area contributed by atoms with Gasteiger partial charge < -0.3 is 29.2 Å². The first-order valence-corrected chi connectivity index (χ1v) is 15.0. The first kappa shape index (κ1) is 32.8. The molecule has 0 amide bonds. The van der Waals surface area contributed by atoms with Crippen molar-refractivity contribution in [2.75, 3.05) is 0 Å². The number of phenolic OH excluding ortho intramolecular Hbond substituents is 1. The average Bonchev–Trinajstić information content (AvgIpc) is 3.13. The third kappa shape index (κ3) is 9.98. The molecule has 6 aromatic rings. The predicted octanol–water partition coefficient (Wildman–Crippen LogP) is 9.30. The fraction of sp³-hybridized carbons (Fsp3) is 0.0500. The standard InChI is InChI=1S/C27H22O4.C13H10O4/c28-27(30-20-22-11-5-2-6-12-22)25-13-7-8-14-26(25)31-24-17-15-23(16-18-24)29-19-21-9-3-1-4-10-21;14-10-3-7-12(8-4-10)17-11-5-1-9(2-6-11)13(15)16/h1-18H,19-20H2;1-8,14H,(H,15,16). The van der Waals surface area contributed by atoms with Crippen LogP contribution in [0.3, 0.4) is 0 Å². The molecule has 48 heavy (non-hydrogen) atoms. The number of para-hydroxylation sites is 1. The SMILES string of the molecule is O=C(O)c1ccc(Oc2ccc(O)cc2)cc1.O=C(OCc1ccccc1)c1ccccc1Oc1ccc(OCc2ccccc2)cc1. The Morgan fingerprint density at radius 3 is 1.58 bits per heavy atom. The van der Waals surface area contributed by atoms with Crippen molar-refractivity contribution in [1.29, 1.82) is 0 Å². The van der Waals surface area contributed by atoms with Crippen LogP contribution >= 0.6 is 0 Å². The van der Waals surface area contributed by atoms with E-state index in [9.17, 15) is 9.59 Å². The highest BCUT2D eigenvalue weighted by molar-refractivity contribution is 5.92. The number of esters is 1. The van der Waals surface area contributed by atoms with Crippen LogP contribution in [-0.4, -0.2) is 22.2 Å². The van der Waals surface area contributed by atoms with Crippen molar-refractivity contribution >= 4 is 11.9 Å². The second-order valence-electron chi connectivity index (χ2n) is 10.3. The molecule has 0 fully saturated rings. The Labute approximate surface area is 278 Å². The molecule has 0 radical (unpaired) electrons. The number of phenols is 1. The minimum Gasteiger partial charge on any atom is -0.508 e. The number of carboxylic acids is 1. The molecule has 0 unspecified atom stereocenters. The van der Waals surface area contributed by atoms with Gasteiger partial charge in [-0.05, 0) is 96.1 Å². The smallest absolute Gasteiger partial charge is 0.342 e. The maximum absolute atomic E-state index is 12.6. The molecule has 8 nitrogen and oxygen atoms in total. The Hall–Kier alpha value is -6.54. The van der Waals surface area contributed by atoms with Crippen LogP contribution < -0.4 is 14.2 Å². The summed E-state index contributed by atoms with van der Waals surface area (Å²) in [5.41, 5.74) is 2.62. The lowest BCUT2D eigenvalue weighted by molar-refractivity contribution is 0.0469. The third-order valence-corrected chi connectivity index (χ3v) is 6.79. The van der Waals surface area contributed by atoms with Crippen molar-refractivity contribution in [2.24, 2.45) is 0 Å². The Kier molecular flexibility index (Phi) is 11.4. The number of aromatic hydroxyl groups is 1. The molecule has 0 aliphatic carbocycles. The maximum atomic E-state index is 12.6. The monoisotopic (exact) mass is 640 g/mol. The van der Waals surface area contributed by atoms with E-state index in [1.165, 1.54) is 24.3 Å². The molecule has 8 heteroatoms. The number of carbonyl (C=O) groups excluding carboxylic acids is 1. The number of hydrogen-bond donors (Lipinski definition) is 2. The lowest BCUT2D eigenvalue weighted by Crippen LogP contribution is -2.07. The van der Waals surface area contributed by atoms with Gasteiger partial charge in [0.2, 0.25) is 0 Å². The molecule has 6 aromatic carbocycles. The second-order valence-corrected chi connectivity index (χ2v) is 10.3. The molecule has 0 aliphatic heterocycles. The van der Waals surface area contributed by atoms with Crippen LogP contribution in [0.1, 0.15) is 31.8 Å². The van der Waals surface area contributed by atoms with Crippen LogP contribution in [0.5, 0.6) is 34.5 Å². The molecule has 2 N–H and O–H groups in total. The summed E-state index contributed by atoms with van der Waals surface area (Å²) in [4.78, 5) is 23.2. The van der Waals surface area contributed by atoms with Gasteiger partial charge in [0.05, 0.1) is 5.56 Å². The topological polar surface area (TPSA) is 112 Å². The van der Waals surface area contributed by atoms with E-state index >= 15 is 0 Å². The predicted molar refractivity (Wildman–Crippen MR) is 181 cm³/mol. The molecular formula is C40H32O8. The quantitative estimate of drug-likeness (QED) is 0.135. The first-order valence-electron chi connectivity index (χ1n) is 15.0. The van der Waals surface area contributed by atoms with E-state index in [1.54, 1.807) is 42.5 Å². The number of carboxylic acid groups (broad SMARTS) is 1. The minimum atomic E-state index is -0.971. The lowest BCUT2D eigenvalue weighted by atomic mass is 10.2. The molecule has 0 spiro atoms. The molecule has 6 rings (SSSR count). The van der Waals surface area contributed by atoms with Gasteiger partial charge in [0.15, 0.2) is 0 Å². The summed E-state index contributed by atoms with van der Waals surface area (Å²) < 4.78 is 22.7. The van der Waals surface area contributed by atoms with Crippen molar-refractivity contribution in [1.82, 2.24) is 0 Å². The van der Waals surface area contributed by atoms with Gasteiger partial charge in [-0.2, -0.15) is 0 Å². The van der Waals surface area contributed by atoms with Gasteiger partial charge >= 0.3 is 11.9 Å². The van der Waals surface area contributed by atoms with Crippen molar-refractivity contribution < 1.29 is 38.7 Å². The van der Waals surface area contributed by atoms with E-state index in [0.29, 0.717) is 35.2 Å². The summed E-state index contributed by atoms with van der Waals surface area (Å²) in [6.45, 7) is 0.707. The summed E-state index contributed by atoms with van der Waals surface area (Å²) in [6, 6.07) is 46.3. The van der Waals surface area contributed by atoms with Gasteiger partial charge in [0, 0.05) is 0 Å². The number of ether oxygens (including phenoxy) is 4. The average molecular weight is 641 g/mol. The van der Waals surface area contributed by atoms with E-state index in [0.717, 1.165) is 16.9 Å². The minimum absolute atomic E-state index is 0.165. The number of benzene rings is 6. The second kappa shape index (κ2) is 16.7. The van der Waals surface area contributed by atoms with Crippen LogP contribution in [-0.2, 0) is 18.0 Å². The van der Waals surface area contributed by atoms with Crippen LogP contribution in [0, 0.1) is 0 Å². The van der Waals surface area contributed by atoms with Gasteiger partial charge in [-0.15, -0.1) is 0 Å². The number of hydrogen-bond acceptors (Lipinski definition) is 7. The zero-order valence-electron chi connectivity index (χ0n) is 25.8. The third-order valence-electron chi connectivity index (χ3n) is 6.79. The molecule has 0 atom stereocenters. The van der Waals surface area contributed by atoms with Crippen molar-refractivity contribution in [3.8, 4) is 34.5 Å². The molecule has 0 saturated carbocycles. The van der Waals surface area contributed by atoms with E-state index in [1.807, 2.05) is 91.0 Å². The van der Waals surface area contributed by atoms with Crippen LogP contribution in [0.15, 0.2) is 158 Å². The summed E-state index contributed by atoms with van der Waals surface area (Å²) in [5, 5.41) is 17.8. The first-order chi connectivity index (χ1) is 23.4. The molecule has 0 aromatic heterocycles. The molecule has 0 bridgehead atoms. The summed E-state index contributed by atoms with van der Waals surface area (Å²) in [7, 11) is 0. The Bertz CT molecular complexity index is 1890. The number of rotatable bonds is 11. The van der Waals surface area contributed by atoms with Gasteiger partial charge in [-0.3, -0.25) is 0 Å². The van der Waals surface area contributed by atoms with Crippen molar-refractivity contribution in [3.05, 3.63) is 180 Å². The van der Waals surface area contributed by atoms with E-state index in [2.05, 4.69) is 0 Å². The lowest BCUT2D eigenvalue weighted by Gasteiger charge is -2.12. The molecule has 0 heterocycles. The van der Waals surface area contributed by atoms with Gasteiger partial charge in [0.25, 0.3) is 0 Å². The van der Waals surface area contributed by atoms with Crippen LogP contribution in [0.2, 0.25) is 0 Å². The van der Waals surface area contributed by atoms with E-state index < -0.39 is 11.9 Å². The zero-order valence-corrected chi connectivity index (χ0v) is 25.8. The normalized spacial score (nSPS) is 10.2. The largest absolute Gasteiger partial charge is 0.508 e. The Balaban J connectivity index is 0.000000224. The van der Waals surface area contributed by atoms with Crippen LogP contribution in [0.4, 0.5) is 0 Å². The highest BCUT2D eigenvalue weighted by Gasteiger charge is 2.14. The van der Waals surface area contributed by atoms with E-state index in [-0.39, 0.29) is 17.9 Å². The highest BCUT2D eigenvalue weighted by atomic mass is 16.5. The van der Waals surface area contributed by atoms with Gasteiger partial charge in [-0.1, -0.05) is 72.8 Å². The number of aromatic carboxylic acids is 1. The van der Waals surface area contributed by atoms with E-state index in [4.69, 9.17) is 29.2 Å². The van der Waals surface area contributed by atoms with Crippen molar-refractivity contribution in [3.63, 3.8) is 0 Å². The summed E-state index contributed by atoms with van der Waals surface area (Å²) >= 11 is 0. The fourth-order valence-electron chi connectivity index (χ4n) is 4.31. The van der Waals surface area contributed by atoms with Crippen LogP contribution in [0.25, 0.3) is 0 Å². The summed E-state index contributed by atoms with van der Waals surface area (Å²) in [5.74, 6) is 1.68. The molecule has 0 saturated heterocycles. The molecular weight excluding hydrogens is 608 g/mol.